The lowest BCUT2D eigenvalue weighted by Crippen LogP contribution is -2.45. The standard InChI is InChI=1S/C94H126F2N6S6Si2/c1-13-23-33-35-39-67(37-25-15-3)63-101-97-89-65(11)41-42-71(90(89)98-101)78-49-47-76(104-78)69-43-44-70(88(96)87(69)95)77-48-50-79(105-77)72-45-46-73(92-91(72)99-102(100-92)64-68(38-26-16-4)40-36-34-24-14-2)82-62-75-86(81-52-54-84(107-81)110(58-30-20-8,59-31-21-9)60-32-22-10)93-74(61-66(12)103-93)85(94(75)108-82)80-51-53-83(106-80)109(55-27-17-5,56-28-18-6)57-29-19-7/h41-54,61-62,67-68H,13-40,55-60,63-64H2,1-12H3. The number of fused-ring (bicyclic) bond motifs is 4. The van der Waals surface area contributed by atoms with Gasteiger partial charge < -0.3 is 0 Å². The van der Waals surface area contributed by atoms with E-state index in [1.165, 1.54) is 270 Å². The van der Waals surface area contributed by atoms with Crippen molar-refractivity contribution in [1.29, 1.82) is 0 Å². The number of halogens is 2. The lowest BCUT2D eigenvalue weighted by Gasteiger charge is -2.31. The summed E-state index contributed by atoms with van der Waals surface area (Å²) in [6, 6.07) is 44.1. The van der Waals surface area contributed by atoms with Crippen molar-refractivity contribution in [3.05, 3.63) is 119 Å². The van der Waals surface area contributed by atoms with Gasteiger partial charge in [0.05, 0.1) is 29.2 Å². The highest BCUT2D eigenvalue weighted by molar-refractivity contribution is 7.31. The van der Waals surface area contributed by atoms with Gasteiger partial charge in [0.2, 0.25) is 0 Å². The van der Waals surface area contributed by atoms with Gasteiger partial charge in [-0.05, 0) is 127 Å². The van der Waals surface area contributed by atoms with Crippen LogP contribution in [0, 0.1) is 37.3 Å². The number of hydrogen-bond donors (Lipinski definition) is 0. The molecule has 0 aliphatic heterocycles. The zero-order chi connectivity index (χ0) is 77.3. The minimum Gasteiger partial charge on any atom is -0.203 e. The summed E-state index contributed by atoms with van der Waals surface area (Å²) in [5.41, 5.74) is 11.0. The second-order valence-corrected chi connectivity index (χ2v) is 49.1. The smallest absolute Gasteiger partial charge is 0.168 e. The fourth-order valence-corrected chi connectivity index (χ4v) is 38.1. The van der Waals surface area contributed by atoms with E-state index in [0.717, 1.165) is 86.4 Å². The van der Waals surface area contributed by atoms with Gasteiger partial charge in [0.25, 0.3) is 0 Å². The molecule has 0 fully saturated rings. The van der Waals surface area contributed by atoms with E-state index in [0.29, 0.717) is 21.6 Å². The average molecular weight is 1630 g/mol. The molecular weight excluding hydrogens is 1500 g/mol. The Kier molecular flexibility index (Phi) is 30.8. The molecule has 110 heavy (non-hydrogen) atoms. The van der Waals surface area contributed by atoms with Crippen LogP contribution in [0.15, 0.2) is 97.1 Å². The van der Waals surface area contributed by atoms with Crippen molar-refractivity contribution in [2.45, 2.75) is 312 Å². The first kappa shape index (κ1) is 84.1. The first-order chi connectivity index (χ1) is 53.7. The first-order valence-electron chi connectivity index (χ1n) is 43.3. The van der Waals surface area contributed by atoms with E-state index >= 15 is 8.78 Å². The molecule has 0 radical (unpaired) electrons. The van der Waals surface area contributed by atoms with E-state index < -0.39 is 27.8 Å². The van der Waals surface area contributed by atoms with E-state index in [1.54, 1.807) is 21.1 Å². The number of aromatic nitrogens is 6. The lowest BCUT2D eigenvalue weighted by atomic mass is 9.95. The minimum absolute atomic E-state index is 0.256. The van der Waals surface area contributed by atoms with Gasteiger partial charge in [-0.1, -0.05) is 296 Å². The summed E-state index contributed by atoms with van der Waals surface area (Å²) in [5, 5.41) is 24.3. The SMILES string of the molecule is CCCCCCC(CCCC)Cn1nc2c(C)ccc(-c3ccc(-c4ccc(-c5ccc(-c6ccc(-c7cc8c(-c9ccc([Si](CCCC)(CCCC)CCCC)s9)c9sc(C)cc9c(-c9ccc([Si](CCCC)(CCCC)CCCC)s9)c8s7)c7nn(CC(CCCC)CCCCCC)nc67)s5)c(F)c4F)s3)c2n1. The molecule has 12 rings (SSSR count). The second kappa shape index (κ2) is 40.3. The van der Waals surface area contributed by atoms with Crippen LogP contribution in [0.2, 0.25) is 36.3 Å². The zero-order valence-electron chi connectivity index (χ0n) is 68.7. The molecule has 0 aliphatic carbocycles. The monoisotopic (exact) mass is 1620 g/mol. The summed E-state index contributed by atoms with van der Waals surface area (Å²) < 4.78 is 40.5. The predicted molar refractivity (Wildman–Crippen MR) is 491 cm³/mol. The lowest BCUT2D eigenvalue weighted by molar-refractivity contribution is 0.330. The Balaban J connectivity index is 0.965. The Bertz CT molecular complexity index is 4750. The van der Waals surface area contributed by atoms with Crippen LogP contribution < -0.4 is 9.00 Å². The third kappa shape index (κ3) is 19.1. The molecule has 12 aromatic rings. The quantitative estimate of drug-likeness (QED) is 0.0282. The summed E-state index contributed by atoms with van der Waals surface area (Å²) in [4.78, 5) is 12.6. The normalized spacial score (nSPS) is 13.0. The maximum Gasteiger partial charge on any atom is 0.168 e. The van der Waals surface area contributed by atoms with Crippen LogP contribution in [0.5, 0.6) is 0 Å². The number of aryl methyl sites for hydroxylation is 2. The highest BCUT2D eigenvalue weighted by Gasteiger charge is 2.38. The maximum atomic E-state index is 17.2. The Morgan fingerprint density at radius 2 is 0.655 bits per heavy atom. The second-order valence-electron chi connectivity index (χ2n) is 32.5. The number of hydrogen-bond acceptors (Lipinski definition) is 10. The molecule has 0 saturated carbocycles. The molecule has 8 aromatic heterocycles. The van der Waals surface area contributed by atoms with Gasteiger partial charge >= 0.3 is 0 Å². The van der Waals surface area contributed by atoms with Gasteiger partial charge in [-0.2, -0.15) is 30.0 Å². The number of nitrogens with zero attached hydrogens (tertiary/aromatic N) is 6. The van der Waals surface area contributed by atoms with Crippen LogP contribution in [-0.4, -0.2) is 46.1 Å². The number of rotatable bonds is 47. The van der Waals surface area contributed by atoms with Gasteiger partial charge in [-0.3, -0.25) is 0 Å². The van der Waals surface area contributed by atoms with E-state index in [4.69, 9.17) is 20.4 Å². The van der Waals surface area contributed by atoms with E-state index in [1.807, 2.05) is 50.5 Å². The van der Waals surface area contributed by atoms with Gasteiger partial charge in [-0.15, -0.1) is 68.0 Å². The Morgan fingerprint density at radius 3 is 1.07 bits per heavy atom. The van der Waals surface area contributed by atoms with E-state index in [-0.39, 0.29) is 11.1 Å². The predicted octanol–water partition coefficient (Wildman–Crippen LogP) is 32.1. The van der Waals surface area contributed by atoms with Gasteiger partial charge in [0.15, 0.2) is 11.6 Å². The van der Waals surface area contributed by atoms with Crippen molar-refractivity contribution in [2.24, 2.45) is 11.8 Å². The van der Waals surface area contributed by atoms with Gasteiger partial charge in [-0.25, -0.2) is 8.78 Å². The van der Waals surface area contributed by atoms with E-state index in [9.17, 15) is 0 Å². The van der Waals surface area contributed by atoms with Crippen LogP contribution >= 0.6 is 68.0 Å². The van der Waals surface area contributed by atoms with Crippen LogP contribution in [-0.2, 0) is 13.1 Å². The minimum atomic E-state index is -1.81. The van der Waals surface area contributed by atoms with Crippen molar-refractivity contribution in [3.8, 4) is 73.1 Å². The van der Waals surface area contributed by atoms with Crippen LogP contribution in [0.4, 0.5) is 8.78 Å². The third-order valence-electron chi connectivity index (χ3n) is 24.1. The number of unbranched alkanes of at least 4 members (excludes halogenated alkanes) is 14. The Hall–Kier alpha value is -5.31. The fourth-order valence-electron chi connectivity index (χ4n) is 17.6. The molecule has 4 aromatic carbocycles. The summed E-state index contributed by atoms with van der Waals surface area (Å²) in [6.07, 6.45) is 34.7. The first-order valence-corrected chi connectivity index (χ1v) is 53.5. The Labute approximate surface area is 684 Å². The van der Waals surface area contributed by atoms with Crippen molar-refractivity contribution >= 4 is 135 Å². The zero-order valence-corrected chi connectivity index (χ0v) is 75.6. The summed E-state index contributed by atoms with van der Waals surface area (Å²) in [5.74, 6) is -0.689. The Morgan fingerprint density at radius 1 is 0.318 bits per heavy atom. The molecule has 2 unspecified atom stereocenters. The van der Waals surface area contributed by atoms with E-state index in [2.05, 4.69) is 172 Å². The van der Waals surface area contributed by atoms with Crippen molar-refractivity contribution in [2.75, 3.05) is 0 Å². The molecular formula is C94H126F2N6S6Si2. The highest BCUT2D eigenvalue weighted by Crippen LogP contribution is 2.54. The molecule has 590 valence electrons. The van der Waals surface area contributed by atoms with Crippen molar-refractivity contribution in [3.63, 3.8) is 0 Å². The average Bonchev–Trinajstić information content (AvgIpc) is 1.56. The summed E-state index contributed by atoms with van der Waals surface area (Å²) in [7, 11) is -3.63. The molecule has 0 spiro atoms. The molecule has 0 N–H and O–H groups in total. The largest absolute Gasteiger partial charge is 0.203 e. The summed E-state index contributed by atoms with van der Waals surface area (Å²) >= 11 is 11.3. The third-order valence-corrected chi connectivity index (χ3v) is 44.0. The topological polar surface area (TPSA) is 61.4 Å². The fraction of sp³-hybridized carbons (Fsp3) is 0.532. The van der Waals surface area contributed by atoms with Crippen molar-refractivity contribution in [1.82, 2.24) is 30.0 Å². The van der Waals surface area contributed by atoms with Crippen molar-refractivity contribution < 1.29 is 8.78 Å². The molecule has 16 heteroatoms. The molecule has 2 atom stereocenters. The van der Waals surface area contributed by atoms with Crippen LogP contribution in [0.3, 0.4) is 0 Å². The molecule has 0 bridgehead atoms. The number of benzene rings is 4. The molecule has 0 amide bonds. The molecule has 0 aliphatic rings. The molecule has 8 heterocycles. The van der Waals surface area contributed by atoms with Crippen LogP contribution in [0.1, 0.15) is 259 Å². The summed E-state index contributed by atoms with van der Waals surface area (Å²) in [6.45, 7) is 29.5. The number of thiophene rings is 6. The van der Waals surface area contributed by atoms with Crippen LogP contribution in [0.25, 0.3) is 115 Å². The molecule has 0 saturated heterocycles. The van der Waals surface area contributed by atoms with Gasteiger partial charge in [0.1, 0.15) is 22.1 Å². The maximum absolute atomic E-state index is 17.2. The van der Waals surface area contributed by atoms with Gasteiger partial charge in [0, 0.05) is 98.1 Å². The molecule has 6 nitrogen and oxygen atoms in total. The highest BCUT2D eigenvalue weighted by atomic mass is 32.1.